The molecule has 5 rings (SSSR count). The Bertz CT molecular complexity index is 1660. The fraction of sp³-hybridized carbons (Fsp3) is 0.541. The molecule has 14 heteroatoms. The number of anilines is 1. The maximum atomic E-state index is 15.0. The number of aliphatic hydroxyl groups is 1. The normalized spacial score (nSPS) is 26.8. The number of hydrogen-bond acceptors (Lipinski definition) is 10. The highest BCUT2D eigenvalue weighted by molar-refractivity contribution is 7.89. The molecule has 5 atom stereocenters. The van der Waals surface area contributed by atoms with Gasteiger partial charge in [0.1, 0.15) is 22.9 Å². The minimum Gasteiger partial charge on any atom is -0.457 e. The van der Waals surface area contributed by atoms with Gasteiger partial charge in [-0.25, -0.2) is 17.6 Å². The molecule has 12 nitrogen and oxygen atoms in total. The van der Waals surface area contributed by atoms with Crippen molar-refractivity contribution in [3.8, 4) is 0 Å². The number of sulfonamides is 1. The molecule has 4 heterocycles. The van der Waals surface area contributed by atoms with Crippen molar-refractivity contribution >= 4 is 27.8 Å². The van der Waals surface area contributed by atoms with Gasteiger partial charge in [0.15, 0.2) is 0 Å². The van der Waals surface area contributed by atoms with Gasteiger partial charge in [-0.2, -0.15) is 4.31 Å². The molecule has 278 valence electrons. The van der Waals surface area contributed by atoms with Crippen molar-refractivity contribution in [2.45, 2.75) is 62.7 Å². The number of cyclic esters (lactones) is 1. The number of carbonyl (C=O) groups is 2. The van der Waals surface area contributed by atoms with Crippen LogP contribution in [0, 0.1) is 17.7 Å². The monoisotopic (exact) mass is 727 g/mol. The number of rotatable bonds is 7. The van der Waals surface area contributed by atoms with Crippen molar-refractivity contribution in [1.82, 2.24) is 19.1 Å². The van der Waals surface area contributed by atoms with E-state index in [1.54, 1.807) is 11.0 Å². The molecule has 0 aliphatic carbocycles. The number of amides is 1. The van der Waals surface area contributed by atoms with Gasteiger partial charge in [-0.05, 0) is 79.8 Å². The van der Waals surface area contributed by atoms with E-state index < -0.39 is 40.1 Å². The first-order valence-corrected chi connectivity index (χ1v) is 19.1. The van der Waals surface area contributed by atoms with Crippen LogP contribution in [-0.2, 0) is 30.7 Å². The molecule has 1 N–H and O–H groups in total. The number of carbonyl (C=O) groups excluding carboxylic acids is 2. The van der Waals surface area contributed by atoms with Gasteiger partial charge in [0.2, 0.25) is 10.0 Å². The van der Waals surface area contributed by atoms with Crippen molar-refractivity contribution in [3.05, 3.63) is 78.4 Å². The van der Waals surface area contributed by atoms with Crippen LogP contribution in [0.25, 0.3) is 0 Å². The molecule has 0 unspecified atom stereocenters. The second-order valence-corrected chi connectivity index (χ2v) is 15.9. The quantitative estimate of drug-likeness (QED) is 0.331. The number of benzene rings is 1. The van der Waals surface area contributed by atoms with E-state index in [1.165, 1.54) is 34.9 Å². The zero-order valence-corrected chi connectivity index (χ0v) is 30.5. The smallest absolute Gasteiger partial charge is 0.410 e. The number of pyridine rings is 1. The predicted octanol–water partition coefficient (Wildman–Crippen LogP) is 3.87. The van der Waals surface area contributed by atoms with E-state index in [4.69, 9.17) is 9.47 Å². The number of nitrogens with zero attached hydrogens (tertiary/aromatic N) is 5. The van der Waals surface area contributed by atoms with Crippen molar-refractivity contribution in [3.63, 3.8) is 0 Å². The molecule has 1 aromatic carbocycles. The van der Waals surface area contributed by atoms with E-state index in [9.17, 15) is 23.1 Å². The summed E-state index contributed by atoms with van der Waals surface area (Å²) in [6.07, 6.45) is 4.80. The van der Waals surface area contributed by atoms with Gasteiger partial charge in [0.05, 0.1) is 12.5 Å². The first kappa shape index (κ1) is 38.4. The Labute approximate surface area is 300 Å². The molecule has 3 aliphatic rings. The summed E-state index contributed by atoms with van der Waals surface area (Å²) >= 11 is 0. The van der Waals surface area contributed by atoms with Crippen molar-refractivity contribution in [2.75, 3.05) is 64.3 Å². The standard InChI is InChI=1S/C37H50FN5O7S/c1-26-7-9-32(44)24-35(45)50-36(27(2)8-10-34(26)49-37(46)42-14-12-40(4)13-15-42)28(3)20-29-21-30(38)23-31(22-29)41-16-18-43(19-17-41)51(47,48)33-6-5-11-39-25-33/h5-6,8,10-11,21-23,25-27,32,34,36,44H,3,7,9,12-20,24H2,1-2,4H3/b10-8+/t26-,27-,32+,34-,36-/m0/s1. The molecule has 2 fully saturated rings. The average molecular weight is 728 g/mol. The fourth-order valence-corrected chi connectivity index (χ4v) is 8.08. The summed E-state index contributed by atoms with van der Waals surface area (Å²) in [6.45, 7) is 12.0. The van der Waals surface area contributed by atoms with Crippen LogP contribution >= 0.6 is 0 Å². The highest BCUT2D eigenvalue weighted by atomic mass is 32.2. The molecule has 3 aliphatic heterocycles. The van der Waals surface area contributed by atoms with E-state index in [-0.39, 0.29) is 48.8 Å². The lowest BCUT2D eigenvalue weighted by Gasteiger charge is -2.35. The summed E-state index contributed by atoms with van der Waals surface area (Å²) in [4.78, 5) is 35.9. The second kappa shape index (κ2) is 17.1. The van der Waals surface area contributed by atoms with E-state index in [0.29, 0.717) is 55.8 Å². The third-order valence-corrected chi connectivity index (χ3v) is 11.8. The molecular weight excluding hydrogens is 678 g/mol. The minimum absolute atomic E-state index is 0.111. The van der Waals surface area contributed by atoms with Crippen LogP contribution in [0.3, 0.4) is 0 Å². The summed E-state index contributed by atoms with van der Waals surface area (Å²) in [5, 5.41) is 10.7. The van der Waals surface area contributed by atoms with Gasteiger partial charge in [-0.1, -0.05) is 26.5 Å². The highest BCUT2D eigenvalue weighted by Crippen LogP contribution is 2.28. The minimum atomic E-state index is -3.69. The maximum absolute atomic E-state index is 15.0. The Balaban J connectivity index is 1.28. The Morgan fingerprint density at radius 1 is 1.06 bits per heavy atom. The van der Waals surface area contributed by atoms with E-state index >= 15 is 4.39 Å². The Morgan fingerprint density at radius 2 is 1.78 bits per heavy atom. The van der Waals surface area contributed by atoms with Gasteiger partial charge >= 0.3 is 12.1 Å². The Morgan fingerprint density at radius 3 is 2.47 bits per heavy atom. The van der Waals surface area contributed by atoms with E-state index in [2.05, 4.69) is 16.5 Å². The summed E-state index contributed by atoms with van der Waals surface area (Å²) < 4.78 is 54.5. The molecule has 0 saturated carbocycles. The number of aromatic nitrogens is 1. The first-order chi connectivity index (χ1) is 24.3. The highest BCUT2D eigenvalue weighted by Gasteiger charge is 2.31. The third-order valence-electron chi connectivity index (χ3n) is 9.91. The van der Waals surface area contributed by atoms with Gasteiger partial charge in [0, 0.05) is 76.4 Å². The Kier molecular flexibility index (Phi) is 12.9. The first-order valence-electron chi connectivity index (χ1n) is 17.6. The lowest BCUT2D eigenvalue weighted by molar-refractivity contribution is -0.151. The largest absolute Gasteiger partial charge is 0.457 e. The zero-order chi connectivity index (χ0) is 36.7. The number of ether oxygens (including phenoxy) is 2. The number of piperazine rings is 2. The number of likely N-dealkylation sites (N-methyl/N-ethyl adjacent to an activating group) is 1. The summed E-state index contributed by atoms with van der Waals surface area (Å²) in [6, 6.07) is 7.78. The number of hydrogen-bond donors (Lipinski definition) is 1. The van der Waals surface area contributed by atoms with Crippen LogP contribution in [0.1, 0.15) is 38.7 Å². The summed E-state index contributed by atoms with van der Waals surface area (Å²) in [5.41, 5.74) is 1.77. The fourth-order valence-electron chi connectivity index (χ4n) is 6.69. The molecular formula is C37H50FN5O7S. The zero-order valence-electron chi connectivity index (χ0n) is 29.7. The lowest BCUT2D eigenvalue weighted by Crippen LogP contribution is -2.48. The Hall–Kier alpha value is -3.85. The average Bonchev–Trinajstić information content (AvgIpc) is 3.11. The van der Waals surface area contributed by atoms with Gasteiger partial charge in [0.25, 0.3) is 0 Å². The molecule has 1 aromatic heterocycles. The summed E-state index contributed by atoms with van der Waals surface area (Å²) in [7, 11) is -1.68. The summed E-state index contributed by atoms with van der Waals surface area (Å²) in [5.74, 6) is -1.50. The molecule has 0 bridgehead atoms. The number of esters is 1. The van der Waals surface area contributed by atoms with E-state index in [0.717, 1.165) is 13.1 Å². The number of aliphatic hydroxyl groups excluding tert-OH is 1. The molecule has 0 radical (unpaired) electrons. The van der Waals surface area contributed by atoms with Crippen LogP contribution in [0.2, 0.25) is 0 Å². The third kappa shape index (κ3) is 10.1. The van der Waals surface area contributed by atoms with Crippen LogP contribution < -0.4 is 4.90 Å². The van der Waals surface area contributed by atoms with Crippen molar-refractivity contribution in [1.29, 1.82) is 0 Å². The molecule has 51 heavy (non-hydrogen) atoms. The topological polar surface area (TPSA) is 133 Å². The molecule has 0 spiro atoms. The molecule has 2 saturated heterocycles. The van der Waals surface area contributed by atoms with Gasteiger partial charge < -0.3 is 29.3 Å². The second-order valence-electron chi connectivity index (χ2n) is 13.9. The number of halogens is 1. The van der Waals surface area contributed by atoms with Gasteiger partial charge in [-0.15, -0.1) is 0 Å². The maximum Gasteiger partial charge on any atom is 0.410 e. The molecule has 2 aromatic rings. The van der Waals surface area contributed by atoms with E-state index in [1.807, 2.05) is 44.0 Å². The lowest BCUT2D eigenvalue weighted by atomic mass is 9.90. The SMILES string of the molecule is C=C(Cc1cc(F)cc(N2CCN(S(=O)(=O)c3cccnc3)CC2)c1)[C@H]1OC(=O)C[C@H](O)CC[C@H](C)[C@@H](OC(=O)N2CCN(C)CC2)/C=C/[C@@H]1C. The van der Waals surface area contributed by atoms with Crippen LogP contribution in [0.4, 0.5) is 14.9 Å². The van der Waals surface area contributed by atoms with Crippen molar-refractivity contribution < 1.29 is 37.0 Å². The van der Waals surface area contributed by atoms with Gasteiger partial charge in [-0.3, -0.25) is 9.78 Å². The predicted molar refractivity (Wildman–Crippen MR) is 191 cm³/mol. The van der Waals surface area contributed by atoms with Crippen LogP contribution in [-0.4, -0.2) is 122 Å². The van der Waals surface area contributed by atoms with Crippen LogP contribution in [0.15, 0.2) is 71.9 Å². The molecule has 1 amide bonds. The van der Waals surface area contributed by atoms with Crippen LogP contribution in [0.5, 0.6) is 0 Å². The van der Waals surface area contributed by atoms with Crippen molar-refractivity contribution in [2.24, 2.45) is 11.8 Å².